The Bertz CT molecular complexity index is 647. The van der Waals surface area contributed by atoms with Crippen LogP contribution in [-0.2, 0) is 26.2 Å². The van der Waals surface area contributed by atoms with Gasteiger partial charge in [-0.2, -0.15) is 5.10 Å². The summed E-state index contributed by atoms with van der Waals surface area (Å²) >= 11 is 0. The number of nitrogens with zero attached hydrogens (tertiary/aromatic N) is 3. The summed E-state index contributed by atoms with van der Waals surface area (Å²) in [5, 5.41) is 4.27. The third-order valence-electron chi connectivity index (χ3n) is 3.28. The largest absolute Gasteiger partial charge is 0.336 e. The third kappa shape index (κ3) is 4.15. The summed E-state index contributed by atoms with van der Waals surface area (Å²) in [5.74, 6) is 0. The number of aryl methyl sites for hydroxylation is 1. The predicted molar refractivity (Wildman–Crippen MR) is 86.2 cm³/mol. The van der Waals surface area contributed by atoms with Crippen LogP contribution in [0, 0.1) is 0 Å². The molecule has 2 aromatic rings. The molecule has 0 unspecified atom stereocenters. The molecule has 0 amide bonds. The van der Waals surface area contributed by atoms with E-state index < -0.39 is 7.60 Å². The van der Waals surface area contributed by atoms with Crippen LogP contribution in [0.2, 0.25) is 0 Å². The molecule has 0 aromatic carbocycles. The zero-order valence-electron chi connectivity index (χ0n) is 13.5. The van der Waals surface area contributed by atoms with Crippen LogP contribution in [0.1, 0.15) is 45.0 Å². The van der Waals surface area contributed by atoms with Crippen molar-refractivity contribution in [3.8, 4) is 0 Å². The minimum atomic E-state index is -3.16. The van der Waals surface area contributed by atoms with Gasteiger partial charge in [0.15, 0.2) is 5.65 Å². The summed E-state index contributed by atoms with van der Waals surface area (Å²) in [7, 11) is -3.16. The highest BCUT2D eigenvalue weighted by Gasteiger charge is 2.26. The highest BCUT2D eigenvalue weighted by atomic mass is 31.2. The van der Waals surface area contributed by atoms with E-state index in [1.165, 1.54) is 0 Å². The van der Waals surface area contributed by atoms with E-state index in [9.17, 15) is 4.57 Å². The van der Waals surface area contributed by atoms with E-state index in [1.807, 2.05) is 26.0 Å². The van der Waals surface area contributed by atoms with Crippen LogP contribution in [0.3, 0.4) is 0 Å². The van der Waals surface area contributed by atoms with Crippen molar-refractivity contribution >= 4 is 13.2 Å². The monoisotopic (exact) mass is 325 g/mol. The maximum absolute atomic E-state index is 12.8. The van der Waals surface area contributed by atoms with Crippen molar-refractivity contribution in [3.05, 3.63) is 29.7 Å². The molecule has 0 aliphatic rings. The van der Waals surface area contributed by atoms with Gasteiger partial charge >= 0.3 is 7.60 Å². The second-order valence-corrected chi connectivity index (χ2v) is 7.10. The minimum Gasteiger partial charge on any atom is -0.309 e. The molecule has 2 rings (SSSR count). The zero-order chi connectivity index (χ0) is 16.0. The fourth-order valence-electron chi connectivity index (χ4n) is 2.35. The first kappa shape index (κ1) is 17.1. The molecule has 0 radical (unpaired) electrons. The van der Waals surface area contributed by atoms with Gasteiger partial charge in [0.05, 0.1) is 31.3 Å². The summed E-state index contributed by atoms with van der Waals surface area (Å²) in [4.78, 5) is 4.58. The maximum Gasteiger partial charge on any atom is 0.336 e. The molecule has 22 heavy (non-hydrogen) atoms. The topological polar surface area (TPSA) is 65.7 Å². The van der Waals surface area contributed by atoms with E-state index in [1.54, 1.807) is 10.7 Å². The molecule has 0 N–H and O–H groups in total. The second-order valence-electron chi connectivity index (χ2n) is 5.05. The van der Waals surface area contributed by atoms with E-state index in [2.05, 4.69) is 17.0 Å². The number of hydrogen-bond donors (Lipinski definition) is 0. The number of unbranched alkanes of at least 4 members (excludes halogenated alkanes) is 1. The fraction of sp³-hybridized carbons (Fsp3) is 0.600. The first-order chi connectivity index (χ1) is 10.6. The van der Waals surface area contributed by atoms with Gasteiger partial charge in [0.2, 0.25) is 0 Å². The summed E-state index contributed by atoms with van der Waals surface area (Å²) in [6, 6.07) is 3.81. The lowest BCUT2D eigenvalue weighted by Crippen LogP contribution is -2.07. The van der Waals surface area contributed by atoms with E-state index >= 15 is 0 Å². The number of rotatable bonds is 9. The molecular weight excluding hydrogens is 301 g/mol. The van der Waals surface area contributed by atoms with Crippen molar-refractivity contribution in [1.82, 2.24) is 14.6 Å². The average molecular weight is 325 g/mol. The van der Waals surface area contributed by atoms with Gasteiger partial charge in [0.25, 0.3) is 0 Å². The lowest BCUT2D eigenvalue weighted by molar-refractivity contribution is 0.218. The van der Waals surface area contributed by atoms with E-state index in [4.69, 9.17) is 9.05 Å². The first-order valence-corrected chi connectivity index (χ1v) is 9.55. The molecule has 7 heteroatoms. The molecule has 0 spiro atoms. The Morgan fingerprint density at radius 2 is 1.95 bits per heavy atom. The smallest absolute Gasteiger partial charge is 0.309 e. The Labute approximate surface area is 131 Å². The summed E-state index contributed by atoms with van der Waals surface area (Å²) < 4.78 is 25.3. The number of fused-ring (bicyclic) bond motifs is 1. The maximum atomic E-state index is 12.8. The van der Waals surface area contributed by atoms with Gasteiger partial charge in [-0.15, -0.1) is 0 Å². The Balaban J connectivity index is 2.35. The molecule has 0 aliphatic heterocycles. The predicted octanol–water partition coefficient (Wildman–Crippen LogP) is 3.84. The average Bonchev–Trinajstić information content (AvgIpc) is 2.94. The Morgan fingerprint density at radius 3 is 2.59 bits per heavy atom. The quantitative estimate of drug-likeness (QED) is 0.655. The van der Waals surface area contributed by atoms with Crippen LogP contribution < -0.4 is 0 Å². The minimum absolute atomic E-state index is 0.203. The molecule has 2 aromatic heterocycles. The van der Waals surface area contributed by atoms with E-state index in [-0.39, 0.29) is 6.16 Å². The lowest BCUT2D eigenvalue weighted by Gasteiger charge is -2.17. The summed E-state index contributed by atoms with van der Waals surface area (Å²) in [6.07, 6.45) is 4.98. The Morgan fingerprint density at radius 1 is 1.23 bits per heavy atom. The van der Waals surface area contributed by atoms with E-state index in [0.717, 1.165) is 36.3 Å². The van der Waals surface area contributed by atoms with Crippen molar-refractivity contribution in [1.29, 1.82) is 0 Å². The van der Waals surface area contributed by atoms with Crippen molar-refractivity contribution in [2.24, 2.45) is 0 Å². The molecule has 0 fully saturated rings. The standard InChI is InChI=1S/C15H24N3O3P/c1-4-7-8-13-11-14(18-15(17-13)9-10-16-18)12-22(19,20-5-2)21-6-3/h9-11H,4-8,12H2,1-3H3. The van der Waals surface area contributed by atoms with E-state index in [0.29, 0.717) is 13.2 Å². The molecule has 0 atom stereocenters. The lowest BCUT2D eigenvalue weighted by atomic mass is 10.2. The molecule has 2 heterocycles. The van der Waals surface area contributed by atoms with Gasteiger partial charge in [-0.25, -0.2) is 9.50 Å². The number of aromatic nitrogens is 3. The SMILES string of the molecule is CCCCc1cc(CP(=O)(OCC)OCC)n2nccc2n1. The molecule has 0 saturated carbocycles. The van der Waals surface area contributed by atoms with Gasteiger partial charge < -0.3 is 9.05 Å². The van der Waals surface area contributed by atoms with Gasteiger partial charge in [-0.05, 0) is 32.8 Å². The second kappa shape index (κ2) is 7.86. The summed E-state index contributed by atoms with van der Waals surface area (Å²) in [5.41, 5.74) is 2.57. The molecule has 0 saturated heterocycles. The van der Waals surface area contributed by atoms with Crippen molar-refractivity contribution in [3.63, 3.8) is 0 Å². The van der Waals surface area contributed by atoms with Gasteiger partial charge in [0.1, 0.15) is 0 Å². The van der Waals surface area contributed by atoms with Crippen LogP contribution in [-0.4, -0.2) is 27.8 Å². The third-order valence-corrected chi connectivity index (χ3v) is 5.29. The molecular formula is C15H24N3O3P. The first-order valence-electron chi connectivity index (χ1n) is 7.82. The molecule has 0 aliphatic carbocycles. The normalized spacial score (nSPS) is 12.1. The van der Waals surface area contributed by atoms with Crippen molar-refractivity contribution < 1.29 is 13.6 Å². The molecule has 6 nitrogen and oxygen atoms in total. The van der Waals surface area contributed by atoms with Crippen LogP contribution in [0.25, 0.3) is 5.65 Å². The fourth-order valence-corrected chi connectivity index (χ4v) is 4.02. The van der Waals surface area contributed by atoms with Crippen LogP contribution >= 0.6 is 7.60 Å². The van der Waals surface area contributed by atoms with Crippen molar-refractivity contribution in [2.75, 3.05) is 13.2 Å². The Hall–Kier alpha value is -1.23. The number of hydrogen-bond acceptors (Lipinski definition) is 5. The van der Waals surface area contributed by atoms with Crippen molar-refractivity contribution in [2.45, 2.75) is 46.2 Å². The van der Waals surface area contributed by atoms with Crippen LogP contribution in [0.15, 0.2) is 18.3 Å². The van der Waals surface area contributed by atoms with Crippen LogP contribution in [0.4, 0.5) is 0 Å². The highest BCUT2D eigenvalue weighted by Crippen LogP contribution is 2.51. The summed E-state index contributed by atoms with van der Waals surface area (Å²) in [6.45, 7) is 6.49. The zero-order valence-corrected chi connectivity index (χ0v) is 14.4. The molecule has 122 valence electrons. The molecule has 0 bridgehead atoms. The van der Waals surface area contributed by atoms with Gasteiger partial charge in [-0.1, -0.05) is 13.3 Å². The Kier molecular flexibility index (Phi) is 6.12. The van der Waals surface area contributed by atoms with Crippen LogP contribution in [0.5, 0.6) is 0 Å². The highest BCUT2D eigenvalue weighted by molar-refractivity contribution is 7.53. The van der Waals surface area contributed by atoms with Gasteiger partial charge in [0, 0.05) is 11.8 Å². The van der Waals surface area contributed by atoms with Gasteiger partial charge in [-0.3, -0.25) is 4.57 Å².